The highest BCUT2D eigenvalue weighted by molar-refractivity contribution is 6.22. The van der Waals surface area contributed by atoms with Gasteiger partial charge in [-0.3, -0.25) is 14.9 Å². The van der Waals surface area contributed by atoms with E-state index in [0.29, 0.717) is 28.6 Å². The number of aliphatic imine (C=N–C) groups is 1. The number of nitrogens with one attached hydrogen (secondary N) is 2. The first-order valence-electron chi connectivity index (χ1n) is 13.7. The maximum absolute atomic E-state index is 11.9. The number of fused-ring (bicyclic) bond motifs is 2. The average molecular weight is 538 g/mol. The molecule has 0 aliphatic carbocycles. The zero-order chi connectivity index (χ0) is 27.6. The van der Waals surface area contributed by atoms with Crippen molar-refractivity contribution < 1.29 is 14.8 Å². The van der Waals surface area contributed by atoms with Gasteiger partial charge in [0.1, 0.15) is 0 Å². The summed E-state index contributed by atoms with van der Waals surface area (Å²) >= 11 is 0. The number of aromatic amines is 1. The summed E-state index contributed by atoms with van der Waals surface area (Å²) in [7, 11) is 0. The van der Waals surface area contributed by atoms with E-state index in [9.17, 15) is 20.0 Å². The van der Waals surface area contributed by atoms with Crippen molar-refractivity contribution in [3.05, 3.63) is 98.6 Å². The monoisotopic (exact) mass is 537 g/mol. The maximum Gasteiger partial charge on any atom is 0.270 e. The van der Waals surface area contributed by atoms with Crippen LogP contribution in [0.5, 0.6) is 5.88 Å². The standard InChI is InChI=1S/C31H31N5O4/c37-28-4-2-16-35(28)15-1-3-20-5-7-21(8-6-20)30(33-24-10-9-23-19-32-14-13-22(23)17-24)29-26-18-25(36(39)40)11-12-27(26)34-31(29)38/h5-12,17-18,32,34,38H,1-4,13-16,19H2. The Kier molecular flexibility index (Phi) is 7.04. The molecule has 0 atom stereocenters. The van der Waals surface area contributed by atoms with Crippen LogP contribution < -0.4 is 5.32 Å². The zero-order valence-electron chi connectivity index (χ0n) is 22.2. The van der Waals surface area contributed by atoms with Gasteiger partial charge < -0.3 is 20.3 Å². The molecule has 1 amide bonds. The highest BCUT2D eigenvalue weighted by Gasteiger charge is 2.22. The fourth-order valence-electron chi connectivity index (χ4n) is 5.69. The molecule has 0 radical (unpaired) electrons. The third-order valence-corrected chi connectivity index (χ3v) is 7.82. The summed E-state index contributed by atoms with van der Waals surface area (Å²) in [5.74, 6) is 0.157. The topological polar surface area (TPSA) is 124 Å². The van der Waals surface area contributed by atoms with E-state index in [1.807, 2.05) is 35.2 Å². The molecule has 2 aliphatic rings. The Labute approximate surface area is 231 Å². The van der Waals surface area contributed by atoms with E-state index < -0.39 is 4.92 Å². The Morgan fingerprint density at radius 1 is 1.05 bits per heavy atom. The first-order chi connectivity index (χ1) is 19.5. The third-order valence-electron chi connectivity index (χ3n) is 7.82. The Hall–Kier alpha value is -4.50. The lowest BCUT2D eigenvalue weighted by Gasteiger charge is -2.17. The summed E-state index contributed by atoms with van der Waals surface area (Å²) in [6.45, 7) is 3.35. The number of carbonyl (C=O) groups is 1. The number of non-ortho nitro benzene ring substituents is 1. The summed E-state index contributed by atoms with van der Waals surface area (Å²) in [6, 6.07) is 18.7. The largest absolute Gasteiger partial charge is 0.494 e. The number of rotatable bonds is 8. The van der Waals surface area contributed by atoms with Crippen LogP contribution in [0.4, 0.5) is 11.4 Å². The predicted octanol–water partition coefficient (Wildman–Crippen LogP) is 5.15. The van der Waals surface area contributed by atoms with Crippen LogP contribution in [0.25, 0.3) is 10.9 Å². The minimum absolute atomic E-state index is 0.0554. The normalized spacial score (nSPS) is 15.6. The molecule has 4 aromatic rings. The SMILES string of the molecule is O=C1CCCN1CCCc1ccc(C(=Nc2ccc3c(c2)CCNC3)c2c(O)[nH]c3ccc([N+](=O)[O-])cc23)cc1. The lowest BCUT2D eigenvalue weighted by atomic mass is 9.97. The van der Waals surface area contributed by atoms with Gasteiger partial charge in [-0.15, -0.1) is 0 Å². The van der Waals surface area contributed by atoms with Gasteiger partial charge in [0, 0.05) is 54.7 Å². The van der Waals surface area contributed by atoms with Crippen molar-refractivity contribution in [3.8, 4) is 5.88 Å². The van der Waals surface area contributed by atoms with Gasteiger partial charge in [0.05, 0.1) is 21.9 Å². The van der Waals surface area contributed by atoms with Crippen LogP contribution in [0.3, 0.4) is 0 Å². The second kappa shape index (κ2) is 10.9. The second-order valence-electron chi connectivity index (χ2n) is 10.5. The van der Waals surface area contributed by atoms with E-state index in [0.717, 1.165) is 68.7 Å². The van der Waals surface area contributed by atoms with Gasteiger partial charge in [0.15, 0.2) is 5.88 Å². The molecule has 9 nitrogen and oxygen atoms in total. The van der Waals surface area contributed by atoms with Crippen LogP contribution in [0, 0.1) is 10.1 Å². The van der Waals surface area contributed by atoms with Gasteiger partial charge in [-0.25, -0.2) is 4.99 Å². The molecule has 1 aromatic heterocycles. The number of aryl methyl sites for hydroxylation is 1. The summed E-state index contributed by atoms with van der Waals surface area (Å²) < 4.78 is 0. The molecule has 0 spiro atoms. The van der Waals surface area contributed by atoms with Gasteiger partial charge >= 0.3 is 0 Å². The van der Waals surface area contributed by atoms with Crippen LogP contribution in [-0.2, 0) is 24.2 Å². The third kappa shape index (κ3) is 5.20. The molecule has 1 fully saturated rings. The fourth-order valence-corrected chi connectivity index (χ4v) is 5.69. The lowest BCUT2D eigenvalue weighted by Crippen LogP contribution is -2.25. The van der Waals surface area contributed by atoms with Crippen LogP contribution in [0.1, 0.15) is 47.1 Å². The Balaban J connectivity index is 1.37. The van der Waals surface area contributed by atoms with Crippen molar-refractivity contribution in [1.29, 1.82) is 0 Å². The molecule has 0 saturated carbocycles. The van der Waals surface area contributed by atoms with Crippen molar-refractivity contribution in [2.75, 3.05) is 19.6 Å². The number of likely N-dealkylation sites (tertiary alicyclic amines) is 1. The van der Waals surface area contributed by atoms with E-state index in [1.165, 1.54) is 23.3 Å². The number of nitro benzene ring substituents is 1. The average Bonchev–Trinajstić information content (AvgIpc) is 3.53. The van der Waals surface area contributed by atoms with E-state index >= 15 is 0 Å². The van der Waals surface area contributed by atoms with Gasteiger partial charge in [0.2, 0.25) is 5.91 Å². The fraction of sp³-hybridized carbons (Fsp3) is 0.290. The molecule has 2 aliphatic heterocycles. The number of carbonyl (C=O) groups excluding carboxylic acids is 1. The number of aromatic hydroxyl groups is 1. The Morgan fingerprint density at radius 3 is 2.67 bits per heavy atom. The summed E-state index contributed by atoms with van der Waals surface area (Å²) in [6.07, 6.45) is 4.25. The zero-order valence-corrected chi connectivity index (χ0v) is 22.2. The number of nitro groups is 1. The molecule has 204 valence electrons. The van der Waals surface area contributed by atoms with E-state index in [1.54, 1.807) is 6.07 Å². The Bertz CT molecular complexity index is 1620. The highest BCUT2D eigenvalue weighted by Crippen LogP contribution is 2.34. The molecule has 3 aromatic carbocycles. The van der Waals surface area contributed by atoms with E-state index in [-0.39, 0.29) is 17.5 Å². The minimum Gasteiger partial charge on any atom is -0.494 e. The van der Waals surface area contributed by atoms with E-state index in [4.69, 9.17) is 4.99 Å². The molecular formula is C31H31N5O4. The van der Waals surface area contributed by atoms with Crippen molar-refractivity contribution in [1.82, 2.24) is 15.2 Å². The molecule has 0 unspecified atom stereocenters. The van der Waals surface area contributed by atoms with Gasteiger partial charge in [-0.05, 0) is 67.1 Å². The summed E-state index contributed by atoms with van der Waals surface area (Å²) in [5, 5.41) is 26.5. The highest BCUT2D eigenvalue weighted by atomic mass is 16.6. The minimum atomic E-state index is -0.438. The van der Waals surface area contributed by atoms with E-state index in [2.05, 4.69) is 22.4 Å². The van der Waals surface area contributed by atoms with Gasteiger partial charge in [0.25, 0.3) is 5.69 Å². The number of aromatic nitrogens is 1. The molecule has 0 bridgehead atoms. The van der Waals surface area contributed by atoms with Crippen LogP contribution in [-0.4, -0.2) is 51.2 Å². The molecule has 3 N–H and O–H groups in total. The molecule has 1 saturated heterocycles. The maximum atomic E-state index is 11.9. The lowest BCUT2D eigenvalue weighted by molar-refractivity contribution is -0.384. The molecular weight excluding hydrogens is 506 g/mol. The molecule has 6 rings (SSSR count). The van der Waals surface area contributed by atoms with Crippen molar-refractivity contribution in [2.24, 2.45) is 4.99 Å². The number of nitrogens with zero attached hydrogens (tertiary/aromatic N) is 3. The number of hydrogen-bond donors (Lipinski definition) is 3. The summed E-state index contributed by atoms with van der Waals surface area (Å²) in [4.78, 5) is 32.9. The van der Waals surface area contributed by atoms with Gasteiger partial charge in [-0.1, -0.05) is 30.3 Å². The van der Waals surface area contributed by atoms with Crippen molar-refractivity contribution >= 4 is 33.9 Å². The second-order valence-corrected chi connectivity index (χ2v) is 10.5. The van der Waals surface area contributed by atoms with Crippen LogP contribution in [0.15, 0.2) is 65.7 Å². The smallest absolute Gasteiger partial charge is 0.270 e. The van der Waals surface area contributed by atoms with Gasteiger partial charge in [-0.2, -0.15) is 0 Å². The number of amides is 1. The molecule has 40 heavy (non-hydrogen) atoms. The molecule has 3 heterocycles. The van der Waals surface area contributed by atoms with Crippen LogP contribution in [0.2, 0.25) is 0 Å². The Morgan fingerprint density at radius 2 is 1.90 bits per heavy atom. The number of hydrogen-bond acceptors (Lipinski definition) is 6. The summed E-state index contributed by atoms with van der Waals surface area (Å²) in [5.41, 5.74) is 6.69. The first kappa shape index (κ1) is 25.8. The molecule has 9 heteroatoms. The first-order valence-corrected chi connectivity index (χ1v) is 13.7. The quantitative estimate of drug-likeness (QED) is 0.163. The van der Waals surface area contributed by atoms with Crippen molar-refractivity contribution in [2.45, 2.75) is 38.6 Å². The predicted molar refractivity (Wildman–Crippen MR) is 154 cm³/mol. The van der Waals surface area contributed by atoms with Crippen LogP contribution >= 0.6 is 0 Å². The number of benzene rings is 3. The number of H-pyrrole nitrogens is 1. The van der Waals surface area contributed by atoms with Crippen molar-refractivity contribution in [3.63, 3.8) is 0 Å².